The van der Waals surface area contributed by atoms with Crippen molar-refractivity contribution in [1.82, 2.24) is 5.43 Å². The molecule has 0 radical (unpaired) electrons. The van der Waals surface area contributed by atoms with Gasteiger partial charge in [-0.3, -0.25) is 10.2 Å². The van der Waals surface area contributed by atoms with Gasteiger partial charge in [0, 0.05) is 0 Å². The van der Waals surface area contributed by atoms with Crippen LogP contribution in [0.3, 0.4) is 0 Å². The van der Waals surface area contributed by atoms with Crippen LogP contribution >= 0.6 is 12.2 Å². The summed E-state index contributed by atoms with van der Waals surface area (Å²) >= 11 is 4.65. The van der Waals surface area contributed by atoms with Crippen molar-refractivity contribution in [1.29, 1.82) is 0 Å². The van der Waals surface area contributed by atoms with E-state index in [9.17, 15) is 4.79 Å². The van der Waals surface area contributed by atoms with Gasteiger partial charge in [-0.15, -0.1) is 0 Å². The molecule has 0 atom stereocenters. The van der Waals surface area contributed by atoms with Crippen molar-refractivity contribution >= 4 is 29.5 Å². The zero-order valence-electron chi connectivity index (χ0n) is 11.7. The molecule has 0 unspecified atom stereocenters. The third kappa shape index (κ3) is 4.68. The number of carboxylic acid groups (broad SMARTS) is 1. The van der Waals surface area contributed by atoms with Gasteiger partial charge < -0.3 is 10.8 Å². The maximum absolute atomic E-state index is 10.8. The lowest BCUT2D eigenvalue weighted by Gasteiger charge is -2.05. The lowest BCUT2D eigenvalue weighted by atomic mass is 10.0. The number of nitrogens with two attached hydrogens (primary N) is 1. The van der Waals surface area contributed by atoms with E-state index in [2.05, 4.69) is 22.7 Å². The molecule has 2 aromatic rings. The van der Waals surface area contributed by atoms with Crippen LogP contribution in [0, 0.1) is 0 Å². The highest BCUT2D eigenvalue weighted by Crippen LogP contribution is 2.21. The molecule has 6 heteroatoms. The van der Waals surface area contributed by atoms with Crippen LogP contribution in [-0.2, 0) is 11.2 Å². The number of nitrogens with one attached hydrogen (secondary N) is 1. The van der Waals surface area contributed by atoms with Crippen LogP contribution in [0.1, 0.15) is 11.1 Å². The van der Waals surface area contributed by atoms with Crippen LogP contribution in [0.2, 0.25) is 0 Å². The molecule has 0 spiro atoms. The minimum atomic E-state index is -0.839. The normalized spacial score (nSPS) is 10.5. The van der Waals surface area contributed by atoms with Crippen LogP contribution in [0.4, 0.5) is 0 Å². The predicted molar refractivity (Wildman–Crippen MR) is 90.7 cm³/mol. The van der Waals surface area contributed by atoms with Gasteiger partial charge in [0.25, 0.3) is 0 Å². The van der Waals surface area contributed by atoms with Crippen molar-refractivity contribution in [3.8, 4) is 11.1 Å². The maximum Gasteiger partial charge on any atom is 0.307 e. The molecule has 0 bridgehead atoms. The fraction of sp³-hybridized carbons (Fsp3) is 0.0625. The average Bonchev–Trinajstić information content (AvgIpc) is 2.47. The first-order valence-electron chi connectivity index (χ1n) is 6.54. The van der Waals surface area contributed by atoms with E-state index < -0.39 is 5.97 Å². The first-order chi connectivity index (χ1) is 10.5. The SMILES string of the molecule is NC(=S)NN=Cc1ccc(-c2cccc(CC(=O)O)c2)cc1. The fourth-order valence-corrected chi connectivity index (χ4v) is 2.02. The Balaban J connectivity index is 2.14. The molecule has 2 rings (SSSR count). The van der Waals surface area contributed by atoms with E-state index in [4.69, 9.17) is 10.8 Å². The molecule has 4 N–H and O–H groups in total. The Kier molecular flexibility index (Phi) is 5.21. The van der Waals surface area contributed by atoms with E-state index in [1.807, 2.05) is 42.5 Å². The van der Waals surface area contributed by atoms with Crippen LogP contribution in [0.5, 0.6) is 0 Å². The van der Waals surface area contributed by atoms with E-state index in [1.54, 1.807) is 12.3 Å². The third-order valence-corrected chi connectivity index (χ3v) is 3.01. The van der Waals surface area contributed by atoms with E-state index >= 15 is 0 Å². The Morgan fingerprint density at radius 2 is 1.95 bits per heavy atom. The topological polar surface area (TPSA) is 87.7 Å². The minimum absolute atomic E-state index is 0.0171. The standard InChI is InChI=1S/C16H15N3O2S/c17-16(22)19-18-10-11-4-6-13(7-5-11)14-3-1-2-12(8-14)9-15(20)21/h1-8,10H,9H2,(H,20,21)(H3,17,19,22). The third-order valence-electron chi connectivity index (χ3n) is 2.91. The molecule has 0 aromatic heterocycles. The molecule has 5 nitrogen and oxygen atoms in total. The van der Waals surface area contributed by atoms with Gasteiger partial charge in [-0.25, -0.2) is 0 Å². The summed E-state index contributed by atoms with van der Waals surface area (Å²) < 4.78 is 0. The smallest absolute Gasteiger partial charge is 0.307 e. The highest BCUT2D eigenvalue weighted by Gasteiger charge is 2.03. The molecular weight excluding hydrogens is 298 g/mol. The lowest BCUT2D eigenvalue weighted by Crippen LogP contribution is -2.23. The number of thiocarbonyl (C=S) groups is 1. The number of hydrogen-bond acceptors (Lipinski definition) is 3. The van der Waals surface area contributed by atoms with Crippen molar-refractivity contribution < 1.29 is 9.90 Å². The second-order valence-electron chi connectivity index (χ2n) is 4.63. The number of hydrazone groups is 1. The Bertz CT molecular complexity index is 712. The van der Waals surface area contributed by atoms with Crippen LogP contribution in [0.15, 0.2) is 53.6 Å². The molecule has 0 saturated heterocycles. The molecule has 22 heavy (non-hydrogen) atoms. The largest absolute Gasteiger partial charge is 0.481 e. The van der Waals surface area contributed by atoms with Gasteiger partial charge in [0.2, 0.25) is 0 Å². The van der Waals surface area contributed by atoms with Gasteiger partial charge in [-0.05, 0) is 34.5 Å². The summed E-state index contributed by atoms with van der Waals surface area (Å²) in [5.41, 5.74) is 11.4. The summed E-state index contributed by atoms with van der Waals surface area (Å²) in [5, 5.41) is 12.8. The number of carboxylic acids is 1. The number of aliphatic carboxylic acids is 1. The van der Waals surface area contributed by atoms with Crippen LogP contribution in [-0.4, -0.2) is 22.4 Å². The molecule has 0 aliphatic heterocycles. The van der Waals surface area contributed by atoms with E-state index in [0.29, 0.717) is 0 Å². The molecule has 2 aromatic carbocycles. The number of rotatable bonds is 5. The summed E-state index contributed by atoms with van der Waals surface area (Å²) in [4.78, 5) is 10.8. The molecule has 0 fully saturated rings. The number of nitrogens with zero attached hydrogens (tertiary/aromatic N) is 1. The van der Waals surface area contributed by atoms with Crippen LogP contribution in [0.25, 0.3) is 11.1 Å². The highest BCUT2D eigenvalue weighted by atomic mass is 32.1. The molecular formula is C16H15N3O2S. The second kappa shape index (κ2) is 7.33. The Morgan fingerprint density at radius 3 is 2.59 bits per heavy atom. The monoisotopic (exact) mass is 313 g/mol. The number of hydrogen-bond donors (Lipinski definition) is 3. The van der Waals surface area contributed by atoms with Gasteiger partial charge in [0.05, 0.1) is 12.6 Å². The number of carbonyl (C=O) groups is 1. The molecule has 0 amide bonds. The maximum atomic E-state index is 10.8. The van der Waals surface area contributed by atoms with Crippen molar-refractivity contribution in [3.63, 3.8) is 0 Å². The van der Waals surface area contributed by atoms with Crippen LogP contribution < -0.4 is 11.2 Å². The summed E-state index contributed by atoms with van der Waals surface area (Å²) in [7, 11) is 0. The molecule has 0 heterocycles. The van der Waals surface area contributed by atoms with Crippen molar-refractivity contribution in [2.75, 3.05) is 0 Å². The van der Waals surface area contributed by atoms with E-state index in [0.717, 1.165) is 22.3 Å². The molecule has 0 aliphatic rings. The predicted octanol–water partition coefficient (Wildman–Crippen LogP) is 2.15. The van der Waals surface area contributed by atoms with Gasteiger partial charge >= 0.3 is 5.97 Å². The van der Waals surface area contributed by atoms with E-state index in [-0.39, 0.29) is 11.5 Å². The van der Waals surface area contributed by atoms with Crippen molar-refractivity contribution in [3.05, 3.63) is 59.7 Å². The Hall–Kier alpha value is -2.73. The Labute approximate surface area is 133 Å². The summed E-state index contributed by atoms with van der Waals surface area (Å²) in [6.45, 7) is 0. The number of benzene rings is 2. The van der Waals surface area contributed by atoms with Gasteiger partial charge in [0.15, 0.2) is 5.11 Å². The van der Waals surface area contributed by atoms with Gasteiger partial charge in [-0.2, -0.15) is 5.10 Å². The zero-order valence-corrected chi connectivity index (χ0v) is 12.5. The summed E-state index contributed by atoms with van der Waals surface area (Å²) in [6, 6.07) is 15.2. The quantitative estimate of drug-likeness (QED) is 0.447. The second-order valence-corrected chi connectivity index (χ2v) is 5.07. The molecule has 112 valence electrons. The zero-order chi connectivity index (χ0) is 15.9. The molecule has 0 saturated carbocycles. The highest BCUT2D eigenvalue weighted by molar-refractivity contribution is 7.80. The first kappa shape index (κ1) is 15.7. The lowest BCUT2D eigenvalue weighted by molar-refractivity contribution is -0.136. The first-order valence-corrected chi connectivity index (χ1v) is 6.95. The van der Waals surface area contributed by atoms with Crippen molar-refractivity contribution in [2.45, 2.75) is 6.42 Å². The minimum Gasteiger partial charge on any atom is -0.481 e. The van der Waals surface area contributed by atoms with Gasteiger partial charge in [0.1, 0.15) is 0 Å². The Morgan fingerprint density at radius 1 is 1.23 bits per heavy atom. The fourth-order valence-electron chi connectivity index (χ4n) is 1.97. The average molecular weight is 313 g/mol. The van der Waals surface area contributed by atoms with E-state index in [1.165, 1.54) is 0 Å². The van der Waals surface area contributed by atoms with Crippen molar-refractivity contribution in [2.24, 2.45) is 10.8 Å². The summed E-state index contributed by atoms with van der Waals surface area (Å²) in [6.07, 6.45) is 1.63. The molecule has 0 aliphatic carbocycles. The van der Waals surface area contributed by atoms with Gasteiger partial charge in [-0.1, -0.05) is 48.5 Å². The summed E-state index contributed by atoms with van der Waals surface area (Å²) in [5.74, 6) is -0.839.